The van der Waals surface area contributed by atoms with Gasteiger partial charge >= 0.3 is 0 Å². The summed E-state index contributed by atoms with van der Waals surface area (Å²) in [6.07, 6.45) is 4.08. The van der Waals surface area contributed by atoms with Crippen LogP contribution in [0.3, 0.4) is 0 Å². The topological polar surface area (TPSA) is 42.9 Å². The van der Waals surface area contributed by atoms with E-state index in [1.807, 2.05) is 6.07 Å². The molecule has 0 unspecified atom stereocenters. The molecule has 0 saturated carbocycles. The summed E-state index contributed by atoms with van der Waals surface area (Å²) in [5.74, 6) is 0.743. The Balaban J connectivity index is 2.73. The summed E-state index contributed by atoms with van der Waals surface area (Å²) in [5, 5.41) is 0. The number of carbonyl (C=O) groups is 1. The van der Waals surface area contributed by atoms with E-state index >= 15 is 0 Å². The molecule has 3 nitrogen and oxygen atoms in total. The van der Waals surface area contributed by atoms with E-state index in [1.165, 1.54) is 0 Å². The van der Waals surface area contributed by atoms with E-state index in [-0.39, 0.29) is 5.78 Å². The SMILES string of the molecule is CCCc1ccnc(CC(C)=O)n1. The highest BCUT2D eigenvalue weighted by molar-refractivity contribution is 5.77. The van der Waals surface area contributed by atoms with Crippen LogP contribution in [0.1, 0.15) is 31.8 Å². The van der Waals surface area contributed by atoms with Gasteiger partial charge < -0.3 is 0 Å². The van der Waals surface area contributed by atoms with Crippen LogP contribution in [0.2, 0.25) is 0 Å². The number of ketones is 1. The molecule has 0 amide bonds. The Morgan fingerprint density at radius 3 is 2.92 bits per heavy atom. The lowest BCUT2D eigenvalue weighted by molar-refractivity contribution is -0.116. The number of hydrogen-bond donors (Lipinski definition) is 0. The number of nitrogens with zero attached hydrogens (tertiary/aromatic N) is 2. The fourth-order valence-electron chi connectivity index (χ4n) is 1.14. The molecule has 0 fully saturated rings. The predicted molar refractivity (Wildman–Crippen MR) is 50.4 cm³/mol. The molecule has 0 aliphatic heterocycles. The zero-order chi connectivity index (χ0) is 9.68. The van der Waals surface area contributed by atoms with Crippen LogP contribution in [0, 0.1) is 0 Å². The number of carbonyl (C=O) groups excluding carboxylic acids is 1. The van der Waals surface area contributed by atoms with Gasteiger partial charge in [-0.25, -0.2) is 9.97 Å². The van der Waals surface area contributed by atoms with Crippen molar-refractivity contribution in [2.45, 2.75) is 33.1 Å². The van der Waals surface area contributed by atoms with Gasteiger partial charge in [0, 0.05) is 11.9 Å². The first-order valence-corrected chi connectivity index (χ1v) is 4.52. The minimum Gasteiger partial charge on any atom is -0.300 e. The van der Waals surface area contributed by atoms with Crippen molar-refractivity contribution in [3.8, 4) is 0 Å². The lowest BCUT2D eigenvalue weighted by Crippen LogP contribution is -2.04. The van der Waals surface area contributed by atoms with Gasteiger partial charge in [-0.2, -0.15) is 0 Å². The molecule has 1 heterocycles. The van der Waals surface area contributed by atoms with Crippen molar-refractivity contribution in [1.82, 2.24) is 9.97 Å². The van der Waals surface area contributed by atoms with Crippen molar-refractivity contribution in [3.05, 3.63) is 23.8 Å². The van der Waals surface area contributed by atoms with Gasteiger partial charge in [-0.05, 0) is 19.4 Å². The average molecular weight is 178 g/mol. The molecule has 0 N–H and O–H groups in total. The average Bonchev–Trinajstić information content (AvgIpc) is 2.04. The van der Waals surface area contributed by atoms with E-state index in [9.17, 15) is 4.79 Å². The molecule has 70 valence electrons. The van der Waals surface area contributed by atoms with Crippen molar-refractivity contribution in [3.63, 3.8) is 0 Å². The molecule has 1 aromatic rings. The summed E-state index contributed by atoms with van der Waals surface area (Å²) >= 11 is 0. The Morgan fingerprint density at radius 1 is 1.54 bits per heavy atom. The van der Waals surface area contributed by atoms with E-state index in [1.54, 1.807) is 13.1 Å². The van der Waals surface area contributed by atoms with Gasteiger partial charge in [-0.1, -0.05) is 13.3 Å². The zero-order valence-electron chi connectivity index (χ0n) is 8.08. The minimum absolute atomic E-state index is 0.105. The molecular formula is C10H14N2O. The van der Waals surface area contributed by atoms with E-state index in [4.69, 9.17) is 0 Å². The fourth-order valence-corrected chi connectivity index (χ4v) is 1.14. The van der Waals surface area contributed by atoms with E-state index < -0.39 is 0 Å². The third-order valence-electron chi connectivity index (χ3n) is 1.68. The van der Waals surface area contributed by atoms with Gasteiger partial charge in [0.25, 0.3) is 0 Å². The smallest absolute Gasteiger partial charge is 0.137 e. The van der Waals surface area contributed by atoms with Crippen LogP contribution < -0.4 is 0 Å². The van der Waals surface area contributed by atoms with Gasteiger partial charge in [0.2, 0.25) is 0 Å². The molecule has 0 bridgehead atoms. The Bertz CT molecular complexity index is 297. The van der Waals surface area contributed by atoms with Crippen molar-refractivity contribution in [1.29, 1.82) is 0 Å². The van der Waals surface area contributed by atoms with Gasteiger partial charge in [0.05, 0.1) is 6.42 Å². The second-order valence-electron chi connectivity index (χ2n) is 3.09. The largest absolute Gasteiger partial charge is 0.300 e. The molecule has 1 aromatic heterocycles. The highest BCUT2D eigenvalue weighted by atomic mass is 16.1. The van der Waals surface area contributed by atoms with Gasteiger partial charge in [0.15, 0.2) is 0 Å². The maximum Gasteiger partial charge on any atom is 0.137 e. The standard InChI is InChI=1S/C10H14N2O/c1-3-4-9-5-6-11-10(12-9)7-8(2)13/h5-6H,3-4,7H2,1-2H3. The fraction of sp³-hybridized carbons (Fsp3) is 0.500. The predicted octanol–water partition coefficient (Wildman–Crippen LogP) is 1.56. The van der Waals surface area contributed by atoms with Crippen LogP contribution in [0.4, 0.5) is 0 Å². The molecule has 1 rings (SSSR count). The van der Waals surface area contributed by atoms with Crippen molar-refractivity contribution >= 4 is 5.78 Å². The summed E-state index contributed by atoms with van der Waals surface area (Å²) < 4.78 is 0. The Morgan fingerprint density at radius 2 is 2.31 bits per heavy atom. The van der Waals surface area contributed by atoms with Gasteiger partial charge in [-0.15, -0.1) is 0 Å². The number of aryl methyl sites for hydroxylation is 1. The quantitative estimate of drug-likeness (QED) is 0.702. The number of hydrogen-bond acceptors (Lipinski definition) is 3. The summed E-state index contributed by atoms with van der Waals surface area (Å²) in [7, 11) is 0. The molecule has 0 spiro atoms. The van der Waals surface area contributed by atoms with Gasteiger partial charge in [0.1, 0.15) is 11.6 Å². The molecule has 13 heavy (non-hydrogen) atoms. The lowest BCUT2D eigenvalue weighted by Gasteiger charge is -1.99. The van der Waals surface area contributed by atoms with E-state index in [2.05, 4.69) is 16.9 Å². The highest BCUT2D eigenvalue weighted by Gasteiger charge is 2.01. The molecule has 0 aliphatic carbocycles. The van der Waals surface area contributed by atoms with Crippen LogP contribution in [-0.2, 0) is 17.6 Å². The monoisotopic (exact) mass is 178 g/mol. The third-order valence-corrected chi connectivity index (χ3v) is 1.68. The molecule has 0 radical (unpaired) electrons. The second-order valence-corrected chi connectivity index (χ2v) is 3.09. The first kappa shape index (κ1) is 9.84. The van der Waals surface area contributed by atoms with Crippen molar-refractivity contribution < 1.29 is 4.79 Å². The van der Waals surface area contributed by atoms with Crippen LogP contribution in [-0.4, -0.2) is 15.8 Å². The van der Waals surface area contributed by atoms with Crippen LogP contribution in [0.25, 0.3) is 0 Å². The third kappa shape index (κ3) is 3.32. The first-order valence-electron chi connectivity index (χ1n) is 4.52. The highest BCUT2D eigenvalue weighted by Crippen LogP contribution is 2.00. The first-order chi connectivity index (χ1) is 6.22. The minimum atomic E-state index is 0.105. The normalized spacial score (nSPS) is 10.0. The summed E-state index contributed by atoms with van der Waals surface area (Å²) in [4.78, 5) is 19.1. The van der Waals surface area contributed by atoms with E-state index in [0.29, 0.717) is 12.2 Å². The second kappa shape index (κ2) is 4.70. The lowest BCUT2D eigenvalue weighted by atomic mass is 10.2. The van der Waals surface area contributed by atoms with Gasteiger partial charge in [-0.3, -0.25) is 4.79 Å². The maximum atomic E-state index is 10.8. The van der Waals surface area contributed by atoms with Crippen molar-refractivity contribution in [2.75, 3.05) is 0 Å². The Labute approximate surface area is 78.2 Å². The summed E-state index contributed by atoms with van der Waals surface area (Å²) in [6, 6.07) is 1.90. The summed E-state index contributed by atoms with van der Waals surface area (Å²) in [5.41, 5.74) is 1.02. The van der Waals surface area contributed by atoms with Crippen LogP contribution >= 0.6 is 0 Å². The Kier molecular flexibility index (Phi) is 3.55. The van der Waals surface area contributed by atoms with Crippen LogP contribution in [0.15, 0.2) is 12.3 Å². The maximum absolute atomic E-state index is 10.8. The molecule has 0 saturated heterocycles. The molecular weight excluding hydrogens is 164 g/mol. The number of aromatic nitrogens is 2. The number of rotatable bonds is 4. The molecule has 0 atom stereocenters. The Hall–Kier alpha value is -1.25. The molecule has 0 aliphatic rings. The number of Topliss-reactive ketones (excluding diaryl/α,β-unsaturated/α-hetero) is 1. The van der Waals surface area contributed by atoms with Crippen molar-refractivity contribution in [2.24, 2.45) is 0 Å². The molecule has 3 heteroatoms. The zero-order valence-corrected chi connectivity index (χ0v) is 8.08. The van der Waals surface area contributed by atoms with E-state index in [0.717, 1.165) is 18.5 Å². The molecule has 0 aromatic carbocycles. The van der Waals surface area contributed by atoms with Crippen LogP contribution in [0.5, 0.6) is 0 Å². The summed E-state index contributed by atoms with van der Waals surface area (Å²) in [6.45, 7) is 3.66.